The van der Waals surface area contributed by atoms with Gasteiger partial charge in [-0.25, -0.2) is 4.79 Å². The van der Waals surface area contributed by atoms with Crippen molar-refractivity contribution in [3.8, 4) is 11.5 Å². The molecule has 7 heteroatoms. The van der Waals surface area contributed by atoms with E-state index >= 15 is 0 Å². The molecule has 2 saturated heterocycles. The molecule has 1 N–H and O–H groups in total. The van der Waals surface area contributed by atoms with Crippen LogP contribution in [-0.2, 0) is 4.74 Å². The first-order valence-corrected chi connectivity index (χ1v) is 11.6. The lowest BCUT2D eigenvalue weighted by atomic mass is 9.72. The average molecular weight is 433 g/mol. The number of carbonyl (C=O) groups is 1. The molecule has 1 saturated carbocycles. The molecule has 0 bridgehead atoms. The fourth-order valence-electron chi connectivity index (χ4n) is 5.21. The summed E-state index contributed by atoms with van der Waals surface area (Å²) in [5.74, 6) is 1.50. The first-order chi connectivity index (χ1) is 14.9. The number of aliphatic hydroxyl groups is 1. The molecule has 0 aromatic heterocycles. The summed E-state index contributed by atoms with van der Waals surface area (Å²) in [6.45, 7) is 7.41. The largest absolute Gasteiger partial charge is 0.493 e. The van der Waals surface area contributed by atoms with Crippen molar-refractivity contribution in [1.29, 1.82) is 0 Å². The molecule has 1 aromatic rings. The zero-order valence-electron chi connectivity index (χ0n) is 19.0. The molecule has 2 unspecified atom stereocenters. The van der Waals surface area contributed by atoms with Gasteiger partial charge < -0.3 is 29.1 Å². The predicted molar refractivity (Wildman–Crippen MR) is 118 cm³/mol. The first-order valence-electron chi connectivity index (χ1n) is 11.6. The van der Waals surface area contributed by atoms with E-state index in [9.17, 15) is 9.90 Å². The molecule has 4 rings (SSSR count). The van der Waals surface area contributed by atoms with Crippen LogP contribution >= 0.6 is 0 Å². The van der Waals surface area contributed by atoms with E-state index in [1.165, 1.54) is 12.8 Å². The number of ether oxygens (including phenoxy) is 3. The highest BCUT2D eigenvalue weighted by atomic mass is 16.5. The number of methoxy groups -OCH3 is 1. The molecule has 0 spiro atoms. The monoisotopic (exact) mass is 432 g/mol. The normalized spacial score (nSPS) is 28.1. The van der Waals surface area contributed by atoms with Crippen LogP contribution in [0, 0.1) is 5.41 Å². The van der Waals surface area contributed by atoms with E-state index in [1.54, 1.807) is 7.11 Å². The maximum absolute atomic E-state index is 13.2. The molecule has 31 heavy (non-hydrogen) atoms. The van der Waals surface area contributed by atoms with E-state index in [2.05, 4.69) is 13.0 Å². The summed E-state index contributed by atoms with van der Waals surface area (Å²) in [6, 6.07) is 6.10. The van der Waals surface area contributed by atoms with Crippen molar-refractivity contribution in [2.24, 2.45) is 5.41 Å². The number of likely N-dealkylation sites (tertiary alicyclic amines) is 1. The van der Waals surface area contributed by atoms with Gasteiger partial charge in [-0.1, -0.05) is 13.0 Å². The van der Waals surface area contributed by atoms with Gasteiger partial charge in [0, 0.05) is 37.5 Å². The van der Waals surface area contributed by atoms with Crippen molar-refractivity contribution in [3.05, 3.63) is 23.8 Å². The molecular weight excluding hydrogens is 396 g/mol. The van der Waals surface area contributed by atoms with E-state index < -0.39 is 11.5 Å². The van der Waals surface area contributed by atoms with Crippen LogP contribution < -0.4 is 9.47 Å². The van der Waals surface area contributed by atoms with Crippen molar-refractivity contribution < 1.29 is 24.1 Å². The number of carbonyl (C=O) groups excluding carboxylic acids is 1. The van der Waals surface area contributed by atoms with E-state index in [-0.39, 0.29) is 18.1 Å². The second-order valence-corrected chi connectivity index (χ2v) is 9.43. The van der Waals surface area contributed by atoms with Crippen LogP contribution in [0.15, 0.2) is 18.2 Å². The van der Waals surface area contributed by atoms with Crippen molar-refractivity contribution >= 4 is 6.03 Å². The number of urea groups is 1. The molecular formula is C24H36N2O5. The van der Waals surface area contributed by atoms with Gasteiger partial charge in [-0.3, -0.25) is 0 Å². The number of aliphatic hydroxyl groups excluding tert-OH is 1. The van der Waals surface area contributed by atoms with Crippen LogP contribution in [-0.4, -0.2) is 79.6 Å². The highest BCUT2D eigenvalue weighted by Gasteiger charge is 2.49. The Bertz CT molecular complexity index is 773. The second kappa shape index (κ2) is 9.25. The molecule has 2 amide bonds. The molecule has 3 aliphatic rings. The number of amides is 2. The Labute approximate surface area is 185 Å². The zero-order chi connectivity index (χ0) is 22.0. The van der Waals surface area contributed by atoms with Gasteiger partial charge in [0.05, 0.1) is 32.5 Å². The van der Waals surface area contributed by atoms with Crippen LogP contribution in [0.1, 0.15) is 51.0 Å². The summed E-state index contributed by atoms with van der Waals surface area (Å²) < 4.78 is 17.3. The summed E-state index contributed by atoms with van der Waals surface area (Å²) in [5, 5.41) is 10.7. The lowest BCUT2D eigenvalue weighted by molar-refractivity contribution is 0.0362. The van der Waals surface area contributed by atoms with Gasteiger partial charge in [0.1, 0.15) is 0 Å². The molecule has 2 heterocycles. The van der Waals surface area contributed by atoms with E-state index in [4.69, 9.17) is 14.2 Å². The Kier molecular flexibility index (Phi) is 6.63. The summed E-state index contributed by atoms with van der Waals surface area (Å²) in [7, 11) is 1.66. The molecule has 3 atom stereocenters. The Morgan fingerprint density at radius 3 is 2.55 bits per heavy atom. The van der Waals surface area contributed by atoms with Crippen LogP contribution in [0.25, 0.3) is 0 Å². The smallest absolute Gasteiger partial charge is 0.320 e. The third kappa shape index (κ3) is 4.48. The summed E-state index contributed by atoms with van der Waals surface area (Å²) in [5.41, 5.74) is 0.635. The maximum Gasteiger partial charge on any atom is 0.320 e. The number of hydrogen-bond donors (Lipinski definition) is 1. The molecule has 1 aromatic carbocycles. The van der Waals surface area contributed by atoms with Crippen molar-refractivity contribution in [2.45, 2.75) is 57.7 Å². The van der Waals surface area contributed by atoms with Gasteiger partial charge in [0.25, 0.3) is 0 Å². The standard InChI is InChI=1S/C24H36N2O5/c1-17(27)24(2)16-26(23(28)25-10-12-30-13-11-25)15-20(24)18-8-9-21(29-3)22(14-18)31-19-6-4-5-7-19/h8-9,14,17,19-20,27H,4-7,10-13,15-16H2,1-3H3/t17-,20?,24?/m1/s1. The highest BCUT2D eigenvalue weighted by Crippen LogP contribution is 2.47. The minimum Gasteiger partial charge on any atom is -0.493 e. The molecule has 172 valence electrons. The third-order valence-electron chi connectivity index (χ3n) is 7.42. The summed E-state index contributed by atoms with van der Waals surface area (Å²) in [4.78, 5) is 16.9. The summed E-state index contributed by atoms with van der Waals surface area (Å²) >= 11 is 0. The van der Waals surface area contributed by atoms with Crippen LogP contribution in [0.2, 0.25) is 0 Å². The Morgan fingerprint density at radius 1 is 1.19 bits per heavy atom. The zero-order valence-corrected chi connectivity index (χ0v) is 19.0. The second-order valence-electron chi connectivity index (χ2n) is 9.43. The van der Waals surface area contributed by atoms with Crippen LogP contribution in [0.5, 0.6) is 11.5 Å². The number of rotatable bonds is 5. The molecule has 3 fully saturated rings. The van der Waals surface area contributed by atoms with Crippen LogP contribution in [0.4, 0.5) is 4.79 Å². The van der Waals surface area contributed by atoms with Crippen molar-refractivity contribution in [1.82, 2.24) is 9.80 Å². The van der Waals surface area contributed by atoms with Gasteiger partial charge in [-0.05, 0) is 50.3 Å². The van der Waals surface area contributed by atoms with Gasteiger partial charge in [0.15, 0.2) is 11.5 Å². The predicted octanol–water partition coefficient (Wildman–Crippen LogP) is 3.26. The molecule has 0 radical (unpaired) electrons. The van der Waals surface area contributed by atoms with Gasteiger partial charge in [0.2, 0.25) is 0 Å². The van der Waals surface area contributed by atoms with E-state index in [0.717, 1.165) is 29.9 Å². The number of benzene rings is 1. The van der Waals surface area contributed by atoms with Crippen LogP contribution in [0.3, 0.4) is 0 Å². The lowest BCUT2D eigenvalue weighted by Crippen LogP contribution is -2.48. The SMILES string of the molecule is COc1ccc(C2CN(C(=O)N3CCOCC3)CC2(C)[C@@H](C)O)cc1OC1CCCC1. The fraction of sp³-hybridized carbons (Fsp3) is 0.708. The minimum absolute atomic E-state index is 0.00863. The molecule has 7 nitrogen and oxygen atoms in total. The molecule has 2 aliphatic heterocycles. The first kappa shape index (κ1) is 22.2. The van der Waals surface area contributed by atoms with E-state index in [1.807, 2.05) is 28.9 Å². The quantitative estimate of drug-likeness (QED) is 0.773. The van der Waals surface area contributed by atoms with E-state index in [0.29, 0.717) is 39.4 Å². The van der Waals surface area contributed by atoms with Gasteiger partial charge in [-0.2, -0.15) is 0 Å². The number of morpholine rings is 1. The highest BCUT2D eigenvalue weighted by molar-refractivity contribution is 5.75. The Morgan fingerprint density at radius 2 is 1.90 bits per heavy atom. The number of hydrogen-bond acceptors (Lipinski definition) is 5. The lowest BCUT2D eigenvalue weighted by Gasteiger charge is -2.34. The van der Waals surface area contributed by atoms with Gasteiger partial charge in [-0.15, -0.1) is 0 Å². The summed E-state index contributed by atoms with van der Waals surface area (Å²) in [6.07, 6.45) is 4.23. The Balaban J connectivity index is 1.59. The fourth-order valence-corrected chi connectivity index (χ4v) is 5.21. The van der Waals surface area contributed by atoms with Crippen molar-refractivity contribution in [2.75, 3.05) is 46.5 Å². The average Bonchev–Trinajstić information content (AvgIpc) is 3.42. The molecule has 1 aliphatic carbocycles. The van der Waals surface area contributed by atoms with Gasteiger partial charge >= 0.3 is 6.03 Å². The Hall–Kier alpha value is -1.99. The van der Waals surface area contributed by atoms with Crippen molar-refractivity contribution in [3.63, 3.8) is 0 Å². The maximum atomic E-state index is 13.2. The minimum atomic E-state index is -0.554. The number of nitrogens with zero attached hydrogens (tertiary/aromatic N) is 2. The third-order valence-corrected chi connectivity index (χ3v) is 7.42. The topological polar surface area (TPSA) is 71.5 Å².